The van der Waals surface area contributed by atoms with Gasteiger partial charge in [0.2, 0.25) is 5.91 Å². The summed E-state index contributed by atoms with van der Waals surface area (Å²) in [5, 5.41) is 3.00. The van der Waals surface area contributed by atoms with Crippen molar-refractivity contribution in [3.63, 3.8) is 0 Å². The Morgan fingerprint density at radius 2 is 2.06 bits per heavy atom. The van der Waals surface area contributed by atoms with E-state index in [0.29, 0.717) is 5.92 Å². The van der Waals surface area contributed by atoms with E-state index in [1.165, 1.54) is 5.56 Å². The highest BCUT2D eigenvalue weighted by molar-refractivity contribution is 5.79. The SMILES string of the molecule is O=C1NC[C@@H]2C[C@@H]1CN(Cc1ccccc1)C2. The van der Waals surface area contributed by atoms with Gasteiger partial charge in [0.1, 0.15) is 0 Å². The summed E-state index contributed by atoms with van der Waals surface area (Å²) in [6.45, 7) is 3.87. The molecule has 2 aliphatic rings. The van der Waals surface area contributed by atoms with Crippen LogP contribution in [-0.2, 0) is 11.3 Å². The van der Waals surface area contributed by atoms with Crippen LogP contribution < -0.4 is 5.32 Å². The summed E-state index contributed by atoms with van der Waals surface area (Å²) in [4.78, 5) is 14.1. The molecule has 1 aromatic rings. The molecule has 2 heterocycles. The number of benzene rings is 1. The van der Waals surface area contributed by atoms with Crippen molar-refractivity contribution < 1.29 is 4.79 Å². The summed E-state index contributed by atoms with van der Waals surface area (Å²) < 4.78 is 0. The van der Waals surface area contributed by atoms with Crippen LogP contribution in [0.4, 0.5) is 0 Å². The highest BCUT2D eigenvalue weighted by Crippen LogP contribution is 2.26. The molecule has 90 valence electrons. The van der Waals surface area contributed by atoms with Crippen molar-refractivity contribution in [3.8, 4) is 0 Å². The quantitative estimate of drug-likeness (QED) is 0.829. The molecular formula is C14H18N2O. The van der Waals surface area contributed by atoms with Gasteiger partial charge in [-0.1, -0.05) is 30.3 Å². The highest BCUT2D eigenvalue weighted by Gasteiger charge is 2.35. The molecule has 17 heavy (non-hydrogen) atoms. The van der Waals surface area contributed by atoms with E-state index in [0.717, 1.165) is 32.6 Å². The lowest BCUT2D eigenvalue weighted by atomic mass is 9.85. The fourth-order valence-corrected chi connectivity index (χ4v) is 3.00. The minimum absolute atomic E-state index is 0.214. The van der Waals surface area contributed by atoms with Crippen molar-refractivity contribution in [3.05, 3.63) is 35.9 Å². The van der Waals surface area contributed by atoms with Crippen LogP contribution in [0.3, 0.4) is 0 Å². The number of likely N-dealkylation sites (tertiary alicyclic amines) is 1. The zero-order chi connectivity index (χ0) is 11.7. The molecule has 3 heteroatoms. The van der Waals surface area contributed by atoms with Gasteiger partial charge in [-0.3, -0.25) is 9.69 Å². The number of hydrogen-bond donors (Lipinski definition) is 1. The van der Waals surface area contributed by atoms with E-state index in [1.807, 2.05) is 6.07 Å². The molecule has 2 atom stereocenters. The molecule has 0 aliphatic carbocycles. The number of nitrogens with one attached hydrogen (secondary N) is 1. The lowest BCUT2D eigenvalue weighted by Gasteiger charge is -2.40. The second kappa shape index (κ2) is 4.49. The summed E-state index contributed by atoms with van der Waals surface area (Å²) in [7, 11) is 0. The summed E-state index contributed by atoms with van der Waals surface area (Å²) in [6.07, 6.45) is 1.08. The first-order valence-electron chi connectivity index (χ1n) is 6.35. The van der Waals surface area contributed by atoms with E-state index in [4.69, 9.17) is 0 Å². The molecule has 1 N–H and O–H groups in total. The molecule has 2 fully saturated rings. The third kappa shape index (κ3) is 2.34. The molecule has 0 saturated carbocycles. The summed E-state index contributed by atoms with van der Waals surface area (Å²) >= 11 is 0. The Hall–Kier alpha value is -1.35. The van der Waals surface area contributed by atoms with Crippen LogP contribution >= 0.6 is 0 Å². The second-order valence-electron chi connectivity index (χ2n) is 5.22. The normalized spacial score (nSPS) is 28.8. The van der Waals surface area contributed by atoms with E-state index in [2.05, 4.69) is 34.5 Å². The minimum atomic E-state index is 0.214. The van der Waals surface area contributed by atoms with Gasteiger partial charge in [0.15, 0.2) is 0 Å². The van der Waals surface area contributed by atoms with Gasteiger partial charge in [0.05, 0.1) is 5.92 Å². The monoisotopic (exact) mass is 230 g/mol. The van der Waals surface area contributed by atoms with E-state index in [9.17, 15) is 4.79 Å². The zero-order valence-corrected chi connectivity index (χ0v) is 9.93. The van der Waals surface area contributed by atoms with Crippen LogP contribution in [0.15, 0.2) is 30.3 Å². The van der Waals surface area contributed by atoms with Gasteiger partial charge in [0, 0.05) is 26.2 Å². The topological polar surface area (TPSA) is 32.3 Å². The smallest absolute Gasteiger partial charge is 0.224 e. The molecule has 3 rings (SSSR count). The Kier molecular flexibility index (Phi) is 2.85. The van der Waals surface area contributed by atoms with Crippen molar-refractivity contribution in [2.45, 2.75) is 13.0 Å². The van der Waals surface area contributed by atoms with Gasteiger partial charge >= 0.3 is 0 Å². The van der Waals surface area contributed by atoms with Crippen LogP contribution in [-0.4, -0.2) is 30.4 Å². The van der Waals surface area contributed by atoms with E-state index >= 15 is 0 Å². The molecule has 0 radical (unpaired) electrons. The molecule has 0 spiro atoms. The molecule has 1 amide bonds. The Morgan fingerprint density at radius 1 is 1.24 bits per heavy atom. The molecular weight excluding hydrogens is 212 g/mol. The van der Waals surface area contributed by atoms with Gasteiger partial charge in [-0.15, -0.1) is 0 Å². The zero-order valence-electron chi connectivity index (χ0n) is 9.93. The van der Waals surface area contributed by atoms with Crippen molar-refractivity contribution in [1.82, 2.24) is 10.2 Å². The largest absolute Gasteiger partial charge is 0.355 e. The maximum atomic E-state index is 11.7. The van der Waals surface area contributed by atoms with E-state index in [-0.39, 0.29) is 11.8 Å². The Balaban J connectivity index is 1.67. The molecule has 0 unspecified atom stereocenters. The number of fused-ring (bicyclic) bond motifs is 2. The van der Waals surface area contributed by atoms with Gasteiger partial charge in [-0.2, -0.15) is 0 Å². The Labute approximate surface area is 102 Å². The van der Waals surface area contributed by atoms with Crippen LogP contribution in [0.25, 0.3) is 0 Å². The maximum absolute atomic E-state index is 11.7. The number of rotatable bonds is 2. The van der Waals surface area contributed by atoms with E-state index in [1.54, 1.807) is 0 Å². The molecule has 2 aliphatic heterocycles. The first kappa shape index (κ1) is 10.8. The summed E-state index contributed by atoms with van der Waals surface area (Å²) in [6, 6.07) is 10.5. The molecule has 2 saturated heterocycles. The van der Waals surface area contributed by atoms with Crippen molar-refractivity contribution in [1.29, 1.82) is 0 Å². The number of amides is 1. The van der Waals surface area contributed by atoms with E-state index < -0.39 is 0 Å². The first-order valence-corrected chi connectivity index (χ1v) is 6.35. The van der Waals surface area contributed by atoms with Crippen LogP contribution in [0.5, 0.6) is 0 Å². The molecule has 1 aromatic carbocycles. The third-order valence-corrected chi connectivity index (χ3v) is 3.80. The van der Waals surface area contributed by atoms with Crippen LogP contribution in [0, 0.1) is 11.8 Å². The lowest BCUT2D eigenvalue weighted by Crippen LogP contribution is -2.53. The predicted octanol–water partition coefficient (Wildman–Crippen LogP) is 1.25. The van der Waals surface area contributed by atoms with Gasteiger partial charge in [0.25, 0.3) is 0 Å². The number of carbonyl (C=O) groups excluding carboxylic acids is 1. The number of carbonyl (C=O) groups is 1. The third-order valence-electron chi connectivity index (χ3n) is 3.80. The van der Waals surface area contributed by atoms with Crippen LogP contribution in [0.1, 0.15) is 12.0 Å². The number of nitrogens with zero attached hydrogens (tertiary/aromatic N) is 1. The van der Waals surface area contributed by atoms with Gasteiger partial charge < -0.3 is 5.32 Å². The fraction of sp³-hybridized carbons (Fsp3) is 0.500. The summed E-state index contributed by atoms with van der Waals surface area (Å²) in [5.74, 6) is 1.11. The maximum Gasteiger partial charge on any atom is 0.224 e. The Bertz CT molecular complexity index is 404. The number of piperidine rings is 2. The van der Waals surface area contributed by atoms with Gasteiger partial charge in [-0.25, -0.2) is 0 Å². The lowest BCUT2D eigenvalue weighted by molar-refractivity contribution is -0.130. The number of hydrogen-bond acceptors (Lipinski definition) is 2. The summed E-state index contributed by atoms with van der Waals surface area (Å²) in [5.41, 5.74) is 1.34. The van der Waals surface area contributed by atoms with Crippen molar-refractivity contribution in [2.24, 2.45) is 11.8 Å². The molecule has 2 bridgehead atoms. The average Bonchev–Trinajstić information content (AvgIpc) is 2.36. The van der Waals surface area contributed by atoms with Crippen molar-refractivity contribution >= 4 is 5.91 Å². The first-order chi connectivity index (χ1) is 8.31. The fourth-order valence-electron chi connectivity index (χ4n) is 3.00. The molecule has 3 nitrogen and oxygen atoms in total. The standard InChI is InChI=1S/C14H18N2O/c17-14-13-6-12(7-15-14)9-16(10-13)8-11-4-2-1-3-5-11/h1-5,12-13H,6-10H2,(H,15,17)/t12-,13+/m0/s1. The van der Waals surface area contributed by atoms with Gasteiger partial charge in [-0.05, 0) is 17.9 Å². The average molecular weight is 230 g/mol. The van der Waals surface area contributed by atoms with Crippen molar-refractivity contribution in [2.75, 3.05) is 19.6 Å². The minimum Gasteiger partial charge on any atom is -0.355 e. The molecule has 0 aromatic heterocycles. The Morgan fingerprint density at radius 3 is 2.88 bits per heavy atom. The second-order valence-corrected chi connectivity index (χ2v) is 5.22. The highest BCUT2D eigenvalue weighted by atomic mass is 16.2. The predicted molar refractivity (Wildman–Crippen MR) is 66.3 cm³/mol. The van der Waals surface area contributed by atoms with Crippen LogP contribution in [0.2, 0.25) is 0 Å².